The Kier molecular flexibility index (Phi) is 4.89. The maximum Gasteiger partial charge on any atom is 0.427 e. The minimum absolute atomic E-state index is 0.497. The third-order valence-electron chi connectivity index (χ3n) is 4.28. The summed E-state index contributed by atoms with van der Waals surface area (Å²) in [6, 6.07) is 0. The SMILES string of the molecule is FC(F)(F)c1cnc(N2CCC(CN3CCOCC3)CC2)s1. The Hall–Kier alpha value is -0.860. The van der Waals surface area contributed by atoms with Gasteiger partial charge in [-0.3, -0.25) is 4.90 Å². The van der Waals surface area contributed by atoms with E-state index in [1.807, 2.05) is 4.90 Å². The summed E-state index contributed by atoms with van der Waals surface area (Å²) in [5.41, 5.74) is 0. The predicted octanol–water partition coefficient (Wildman–Crippen LogP) is 2.71. The van der Waals surface area contributed by atoms with Crippen molar-refractivity contribution in [1.82, 2.24) is 9.88 Å². The van der Waals surface area contributed by atoms with E-state index < -0.39 is 11.1 Å². The second kappa shape index (κ2) is 6.72. The van der Waals surface area contributed by atoms with Crippen LogP contribution in [0.1, 0.15) is 17.7 Å². The molecule has 2 fully saturated rings. The van der Waals surface area contributed by atoms with Crippen LogP contribution in [0.3, 0.4) is 0 Å². The number of halogens is 3. The quantitative estimate of drug-likeness (QED) is 0.849. The fourth-order valence-corrected chi connectivity index (χ4v) is 3.83. The molecule has 124 valence electrons. The number of aromatic nitrogens is 1. The highest BCUT2D eigenvalue weighted by molar-refractivity contribution is 7.15. The van der Waals surface area contributed by atoms with E-state index in [0.29, 0.717) is 11.0 Å². The van der Waals surface area contributed by atoms with Crippen LogP contribution in [0.25, 0.3) is 0 Å². The summed E-state index contributed by atoms with van der Waals surface area (Å²) in [4.78, 5) is 7.74. The summed E-state index contributed by atoms with van der Waals surface area (Å²) in [6.07, 6.45) is -1.32. The van der Waals surface area contributed by atoms with Crippen LogP contribution in [0.5, 0.6) is 0 Å². The first-order valence-corrected chi connectivity index (χ1v) is 8.42. The van der Waals surface area contributed by atoms with Gasteiger partial charge >= 0.3 is 6.18 Å². The summed E-state index contributed by atoms with van der Waals surface area (Å²) < 4.78 is 43.2. The summed E-state index contributed by atoms with van der Waals surface area (Å²) in [5.74, 6) is 0.622. The van der Waals surface area contributed by atoms with Crippen molar-refractivity contribution >= 4 is 16.5 Å². The van der Waals surface area contributed by atoms with Crippen molar-refractivity contribution in [3.8, 4) is 0 Å². The van der Waals surface area contributed by atoms with Crippen molar-refractivity contribution in [3.63, 3.8) is 0 Å². The molecule has 0 aliphatic carbocycles. The molecule has 2 aliphatic rings. The van der Waals surface area contributed by atoms with Gasteiger partial charge in [-0.25, -0.2) is 4.98 Å². The number of piperidine rings is 1. The van der Waals surface area contributed by atoms with E-state index in [9.17, 15) is 13.2 Å². The Morgan fingerprint density at radius 3 is 2.45 bits per heavy atom. The molecule has 0 radical (unpaired) electrons. The van der Waals surface area contributed by atoms with Gasteiger partial charge in [0.15, 0.2) is 5.13 Å². The minimum Gasteiger partial charge on any atom is -0.379 e. The topological polar surface area (TPSA) is 28.6 Å². The molecule has 0 bridgehead atoms. The van der Waals surface area contributed by atoms with Crippen molar-refractivity contribution in [2.45, 2.75) is 19.0 Å². The highest BCUT2D eigenvalue weighted by atomic mass is 32.1. The van der Waals surface area contributed by atoms with Crippen molar-refractivity contribution in [3.05, 3.63) is 11.1 Å². The second-order valence-corrected chi connectivity index (χ2v) is 6.86. The Balaban J connectivity index is 1.50. The molecule has 0 aromatic carbocycles. The third kappa shape index (κ3) is 3.91. The van der Waals surface area contributed by atoms with Crippen LogP contribution in [0.15, 0.2) is 6.20 Å². The minimum atomic E-state index is -4.29. The van der Waals surface area contributed by atoms with E-state index in [2.05, 4.69) is 9.88 Å². The zero-order chi connectivity index (χ0) is 15.6. The molecule has 1 aromatic heterocycles. The normalized spacial score (nSPS) is 22.2. The van der Waals surface area contributed by atoms with E-state index in [0.717, 1.165) is 76.3 Å². The molecule has 4 nitrogen and oxygen atoms in total. The lowest BCUT2D eigenvalue weighted by Crippen LogP contribution is -2.42. The zero-order valence-corrected chi connectivity index (χ0v) is 13.1. The van der Waals surface area contributed by atoms with Gasteiger partial charge in [0.05, 0.1) is 19.4 Å². The highest BCUT2D eigenvalue weighted by Gasteiger charge is 2.34. The van der Waals surface area contributed by atoms with Crippen molar-refractivity contribution < 1.29 is 17.9 Å². The largest absolute Gasteiger partial charge is 0.427 e. The van der Waals surface area contributed by atoms with Gasteiger partial charge in [0.1, 0.15) is 4.88 Å². The first-order valence-electron chi connectivity index (χ1n) is 7.60. The Labute approximate surface area is 131 Å². The lowest BCUT2D eigenvalue weighted by molar-refractivity contribution is -0.134. The lowest BCUT2D eigenvalue weighted by Gasteiger charge is -2.35. The molecule has 0 amide bonds. The number of hydrogen-bond donors (Lipinski definition) is 0. The summed E-state index contributed by atoms with van der Waals surface area (Å²) in [5, 5.41) is 0.497. The van der Waals surface area contributed by atoms with Crippen LogP contribution < -0.4 is 4.90 Å². The number of hydrogen-bond acceptors (Lipinski definition) is 5. The standard InChI is InChI=1S/C14H20F3N3OS/c15-14(16,17)12-9-18-13(22-12)20-3-1-11(2-4-20)10-19-5-7-21-8-6-19/h9,11H,1-8,10H2. The van der Waals surface area contributed by atoms with Crippen LogP contribution in [-0.4, -0.2) is 55.8 Å². The molecule has 0 saturated carbocycles. The fourth-order valence-electron chi connectivity index (χ4n) is 3.00. The lowest BCUT2D eigenvalue weighted by atomic mass is 9.96. The molecule has 0 atom stereocenters. The average molecular weight is 335 g/mol. The average Bonchev–Trinajstić information content (AvgIpc) is 2.99. The summed E-state index contributed by atoms with van der Waals surface area (Å²) >= 11 is 0.746. The fraction of sp³-hybridized carbons (Fsp3) is 0.786. The van der Waals surface area contributed by atoms with Crippen molar-refractivity contribution in [1.29, 1.82) is 0 Å². The molecule has 22 heavy (non-hydrogen) atoms. The van der Waals surface area contributed by atoms with E-state index >= 15 is 0 Å². The number of thiazole rings is 1. The van der Waals surface area contributed by atoms with Crippen LogP contribution in [0.2, 0.25) is 0 Å². The van der Waals surface area contributed by atoms with Gasteiger partial charge in [-0.2, -0.15) is 13.2 Å². The predicted molar refractivity (Wildman–Crippen MR) is 79.3 cm³/mol. The number of morpholine rings is 1. The third-order valence-corrected chi connectivity index (χ3v) is 5.38. The molecule has 2 aliphatic heterocycles. The molecular formula is C14H20F3N3OS. The van der Waals surface area contributed by atoms with Gasteiger partial charge in [-0.1, -0.05) is 11.3 Å². The number of alkyl halides is 3. The number of ether oxygens (including phenoxy) is 1. The molecule has 2 saturated heterocycles. The van der Waals surface area contributed by atoms with Crippen molar-refractivity contribution in [2.75, 3.05) is 50.8 Å². The van der Waals surface area contributed by atoms with Gasteiger partial charge in [0, 0.05) is 32.7 Å². The number of nitrogens with zero attached hydrogens (tertiary/aromatic N) is 3. The van der Waals surface area contributed by atoms with Gasteiger partial charge in [-0.15, -0.1) is 0 Å². The maximum absolute atomic E-state index is 12.6. The first-order chi connectivity index (χ1) is 10.5. The summed E-state index contributed by atoms with van der Waals surface area (Å²) in [6.45, 7) is 6.24. The van der Waals surface area contributed by atoms with Crippen LogP contribution >= 0.6 is 11.3 Å². The Morgan fingerprint density at radius 2 is 1.86 bits per heavy atom. The smallest absolute Gasteiger partial charge is 0.379 e. The monoisotopic (exact) mass is 335 g/mol. The molecule has 0 N–H and O–H groups in total. The Morgan fingerprint density at radius 1 is 1.18 bits per heavy atom. The van der Waals surface area contributed by atoms with E-state index in [1.165, 1.54) is 0 Å². The molecule has 1 aromatic rings. The number of anilines is 1. The highest BCUT2D eigenvalue weighted by Crippen LogP contribution is 2.37. The molecule has 0 spiro atoms. The molecule has 8 heteroatoms. The summed E-state index contributed by atoms with van der Waals surface area (Å²) in [7, 11) is 0. The van der Waals surface area contributed by atoms with Crippen LogP contribution in [0.4, 0.5) is 18.3 Å². The van der Waals surface area contributed by atoms with Gasteiger partial charge < -0.3 is 9.64 Å². The first kappa shape index (κ1) is 16.0. The maximum atomic E-state index is 12.6. The van der Waals surface area contributed by atoms with E-state index in [-0.39, 0.29) is 0 Å². The van der Waals surface area contributed by atoms with Crippen LogP contribution in [0, 0.1) is 5.92 Å². The molecule has 0 unspecified atom stereocenters. The zero-order valence-electron chi connectivity index (χ0n) is 12.3. The number of rotatable bonds is 3. The van der Waals surface area contributed by atoms with Crippen molar-refractivity contribution in [2.24, 2.45) is 5.92 Å². The van der Waals surface area contributed by atoms with Crippen LogP contribution in [-0.2, 0) is 10.9 Å². The molecule has 3 heterocycles. The molecule has 3 rings (SSSR count). The van der Waals surface area contributed by atoms with E-state index in [1.54, 1.807) is 0 Å². The van der Waals surface area contributed by atoms with Gasteiger partial charge in [0.25, 0.3) is 0 Å². The van der Waals surface area contributed by atoms with Gasteiger partial charge in [-0.05, 0) is 18.8 Å². The second-order valence-electron chi connectivity index (χ2n) is 5.85. The Bertz CT molecular complexity index is 480. The van der Waals surface area contributed by atoms with Gasteiger partial charge in [0.2, 0.25) is 0 Å². The van der Waals surface area contributed by atoms with E-state index in [4.69, 9.17) is 4.74 Å². The molecular weight excluding hydrogens is 315 g/mol.